The van der Waals surface area contributed by atoms with Gasteiger partial charge >= 0.3 is 0 Å². The topological polar surface area (TPSA) is 45.2 Å². The van der Waals surface area contributed by atoms with Gasteiger partial charge in [0, 0.05) is 19.6 Å². The van der Waals surface area contributed by atoms with Crippen LogP contribution in [0.15, 0.2) is 0 Å². The molecule has 1 aliphatic carbocycles. The highest BCUT2D eigenvalue weighted by atomic mass is 32.1. The molecule has 1 saturated heterocycles. The van der Waals surface area contributed by atoms with Gasteiger partial charge in [0.05, 0.1) is 16.2 Å². The van der Waals surface area contributed by atoms with Gasteiger partial charge in [-0.1, -0.05) is 19.3 Å². The average molecular weight is 293 g/mol. The van der Waals surface area contributed by atoms with Gasteiger partial charge in [-0.3, -0.25) is 4.79 Å². The van der Waals surface area contributed by atoms with Crippen molar-refractivity contribution in [3.05, 3.63) is 15.6 Å². The second-order valence-corrected chi connectivity index (χ2v) is 7.27. The Kier molecular flexibility index (Phi) is 3.82. The van der Waals surface area contributed by atoms with Crippen LogP contribution in [-0.4, -0.2) is 41.0 Å². The molecule has 1 amide bonds. The van der Waals surface area contributed by atoms with Crippen molar-refractivity contribution >= 4 is 17.2 Å². The van der Waals surface area contributed by atoms with Gasteiger partial charge in [0.15, 0.2) is 0 Å². The second-order valence-electron chi connectivity index (χ2n) is 6.07. The normalized spacial score (nSPS) is 22.2. The predicted octanol–water partition coefficient (Wildman–Crippen LogP) is 2.51. The summed E-state index contributed by atoms with van der Waals surface area (Å²) < 4.78 is 0. The van der Waals surface area contributed by atoms with Crippen LogP contribution in [0.25, 0.3) is 0 Å². The lowest BCUT2D eigenvalue weighted by Gasteiger charge is -2.49. The lowest BCUT2D eigenvalue weighted by atomic mass is 9.79. The maximum Gasteiger partial charge on any atom is 0.266 e. The number of hydrogen-bond acceptors (Lipinski definition) is 4. The van der Waals surface area contributed by atoms with Crippen LogP contribution in [0.1, 0.15) is 52.5 Å². The van der Waals surface area contributed by atoms with E-state index in [9.17, 15) is 4.79 Å². The van der Waals surface area contributed by atoms with Crippen molar-refractivity contribution < 1.29 is 4.79 Å². The van der Waals surface area contributed by atoms with E-state index in [4.69, 9.17) is 0 Å². The van der Waals surface area contributed by atoms with Crippen LogP contribution in [0, 0.1) is 13.8 Å². The van der Waals surface area contributed by atoms with E-state index in [0.717, 1.165) is 48.1 Å². The van der Waals surface area contributed by atoms with Gasteiger partial charge in [0.2, 0.25) is 0 Å². The van der Waals surface area contributed by atoms with Gasteiger partial charge in [-0.2, -0.15) is 0 Å². The van der Waals surface area contributed by atoms with Crippen molar-refractivity contribution in [1.82, 2.24) is 15.2 Å². The Morgan fingerprint density at radius 3 is 2.70 bits per heavy atom. The first-order chi connectivity index (χ1) is 9.62. The van der Waals surface area contributed by atoms with E-state index < -0.39 is 0 Å². The van der Waals surface area contributed by atoms with Crippen LogP contribution in [0.4, 0.5) is 0 Å². The Labute approximate surface area is 124 Å². The molecule has 0 radical (unpaired) electrons. The summed E-state index contributed by atoms with van der Waals surface area (Å²) in [5.41, 5.74) is 0.944. The van der Waals surface area contributed by atoms with Gasteiger partial charge in [-0.15, -0.1) is 11.3 Å². The van der Waals surface area contributed by atoms with Crippen molar-refractivity contribution in [3.63, 3.8) is 0 Å². The molecule has 2 aliphatic rings. The quantitative estimate of drug-likeness (QED) is 0.865. The van der Waals surface area contributed by atoms with Crippen molar-refractivity contribution in [2.45, 2.75) is 51.5 Å². The molecule has 0 atom stereocenters. The molecule has 0 unspecified atom stereocenters. The molecule has 1 spiro atoms. The first-order valence-electron chi connectivity index (χ1n) is 7.59. The molecular formula is C15H23N3OS. The Morgan fingerprint density at radius 1 is 1.30 bits per heavy atom. The zero-order valence-corrected chi connectivity index (χ0v) is 13.2. The maximum atomic E-state index is 13.0. The molecule has 1 N–H and O–H groups in total. The summed E-state index contributed by atoms with van der Waals surface area (Å²) in [5, 5.41) is 4.48. The minimum absolute atomic E-state index is 0.0535. The fourth-order valence-corrected chi connectivity index (χ4v) is 4.54. The number of hydrogen-bond donors (Lipinski definition) is 1. The number of aryl methyl sites for hydroxylation is 2. The number of piperazine rings is 1. The molecule has 3 rings (SSSR count). The smallest absolute Gasteiger partial charge is 0.266 e. The van der Waals surface area contributed by atoms with Crippen LogP contribution in [0.2, 0.25) is 0 Å². The fourth-order valence-electron chi connectivity index (χ4n) is 3.67. The number of amides is 1. The zero-order chi connectivity index (χ0) is 14.2. The third kappa shape index (κ3) is 2.37. The summed E-state index contributed by atoms with van der Waals surface area (Å²) in [4.78, 5) is 20.4. The summed E-state index contributed by atoms with van der Waals surface area (Å²) in [5.74, 6) is 0.205. The molecule has 2 heterocycles. The van der Waals surface area contributed by atoms with E-state index in [0.29, 0.717) is 0 Å². The average Bonchev–Trinajstić information content (AvgIpc) is 2.78. The van der Waals surface area contributed by atoms with E-state index in [1.807, 2.05) is 13.8 Å². The van der Waals surface area contributed by atoms with Crippen molar-refractivity contribution in [2.75, 3.05) is 19.6 Å². The summed E-state index contributed by atoms with van der Waals surface area (Å²) in [6, 6.07) is 0. The molecule has 1 aromatic heterocycles. The summed E-state index contributed by atoms with van der Waals surface area (Å²) in [6.07, 6.45) is 6.08. The fraction of sp³-hybridized carbons (Fsp3) is 0.733. The van der Waals surface area contributed by atoms with E-state index >= 15 is 0 Å². The van der Waals surface area contributed by atoms with Gasteiger partial charge in [-0.05, 0) is 26.7 Å². The first-order valence-corrected chi connectivity index (χ1v) is 8.41. The van der Waals surface area contributed by atoms with E-state index in [-0.39, 0.29) is 11.4 Å². The van der Waals surface area contributed by atoms with Crippen LogP contribution >= 0.6 is 11.3 Å². The number of rotatable bonds is 1. The maximum absolute atomic E-state index is 13.0. The molecule has 2 fully saturated rings. The summed E-state index contributed by atoms with van der Waals surface area (Å²) in [7, 11) is 0. The highest BCUT2D eigenvalue weighted by molar-refractivity contribution is 7.13. The highest BCUT2D eigenvalue weighted by Crippen LogP contribution is 2.36. The van der Waals surface area contributed by atoms with Gasteiger partial charge in [0.25, 0.3) is 5.91 Å². The monoisotopic (exact) mass is 293 g/mol. The van der Waals surface area contributed by atoms with Crippen molar-refractivity contribution in [1.29, 1.82) is 0 Å². The first kappa shape index (κ1) is 14.0. The number of nitrogens with zero attached hydrogens (tertiary/aromatic N) is 2. The molecule has 0 bridgehead atoms. The molecule has 1 aliphatic heterocycles. The Balaban J connectivity index is 1.89. The lowest BCUT2D eigenvalue weighted by molar-refractivity contribution is 0.0226. The van der Waals surface area contributed by atoms with Crippen LogP contribution in [-0.2, 0) is 0 Å². The Morgan fingerprint density at radius 2 is 2.05 bits per heavy atom. The predicted molar refractivity (Wildman–Crippen MR) is 81.3 cm³/mol. The van der Waals surface area contributed by atoms with Crippen LogP contribution in [0.3, 0.4) is 0 Å². The lowest BCUT2D eigenvalue weighted by Crippen LogP contribution is -2.63. The summed E-state index contributed by atoms with van der Waals surface area (Å²) >= 11 is 1.54. The standard InChI is InChI=1S/C15H23N3OS/c1-11-13(20-12(2)17-11)14(19)18-9-8-16-10-15(18)6-4-3-5-7-15/h16H,3-10H2,1-2H3. The third-order valence-electron chi connectivity index (χ3n) is 4.67. The molecule has 5 heteroatoms. The number of carbonyl (C=O) groups excluding carboxylic acids is 1. The third-order valence-corrected chi connectivity index (χ3v) is 5.73. The molecule has 4 nitrogen and oxygen atoms in total. The largest absolute Gasteiger partial charge is 0.330 e. The number of nitrogens with one attached hydrogen (secondary N) is 1. The SMILES string of the molecule is Cc1nc(C)c(C(=O)N2CCNCC23CCCCC3)s1. The van der Waals surface area contributed by atoms with E-state index in [1.165, 1.54) is 19.3 Å². The van der Waals surface area contributed by atoms with E-state index in [1.54, 1.807) is 11.3 Å². The molecule has 0 aromatic carbocycles. The summed E-state index contributed by atoms with van der Waals surface area (Å²) in [6.45, 7) is 6.62. The van der Waals surface area contributed by atoms with Crippen LogP contribution < -0.4 is 5.32 Å². The minimum Gasteiger partial charge on any atom is -0.330 e. The van der Waals surface area contributed by atoms with Crippen molar-refractivity contribution in [2.24, 2.45) is 0 Å². The zero-order valence-electron chi connectivity index (χ0n) is 12.4. The highest BCUT2D eigenvalue weighted by Gasteiger charge is 2.43. The second kappa shape index (κ2) is 5.45. The Bertz CT molecular complexity index is 497. The Hall–Kier alpha value is -0.940. The minimum atomic E-state index is 0.0535. The molecule has 110 valence electrons. The molecule has 1 saturated carbocycles. The molecule has 1 aromatic rings. The van der Waals surface area contributed by atoms with E-state index in [2.05, 4.69) is 15.2 Å². The number of aromatic nitrogens is 1. The van der Waals surface area contributed by atoms with Crippen LogP contribution in [0.5, 0.6) is 0 Å². The van der Waals surface area contributed by atoms with Crippen molar-refractivity contribution in [3.8, 4) is 0 Å². The number of thiazole rings is 1. The van der Waals surface area contributed by atoms with Gasteiger partial charge in [-0.25, -0.2) is 4.98 Å². The van der Waals surface area contributed by atoms with Gasteiger partial charge in [0.1, 0.15) is 4.88 Å². The number of carbonyl (C=O) groups is 1. The van der Waals surface area contributed by atoms with Gasteiger partial charge < -0.3 is 10.2 Å². The molecule has 20 heavy (non-hydrogen) atoms. The molecular weight excluding hydrogens is 270 g/mol.